The monoisotopic (exact) mass is 658 g/mol. The minimum absolute atomic E-state index is 0.0207. The van der Waals surface area contributed by atoms with Crippen molar-refractivity contribution in [1.29, 1.82) is 0 Å². The van der Waals surface area contributed by atoms with Gasteiger partial charge in [-0.05, 0) is 49.1 Å². The van der Waals surface area contributed by atoms with Crippen LogP contribution in [0.4, 0.5) is 11.4 Å². The molecule has 0 heterocycles. The molecule has 0 unspecified atom stereocenters. The molecule has 3 aromatic rings. The van der Waals surface area contributed by atoms with E-state index in [-0.39, 0.29) is 36.3 Å². The maximum absolute atomic E-state index is 14.2. The van der Waals surface area contributed by atoms with Gasteiger partial charge in [0.1, 0.15) is 12.6 Å². The van der Waals surface area contributed by atoms with Crippen LogP contribution in [-0.4, -0.2) is 54.9 Å². The Morgan fingerprint density at radius 1 is 1.02 bits per heavy atom. The quantitative estimate of drug-likeness (QED) is 0.204. The van der Waals surface area contributed by atoms with Gasteiger partial charge in [0, 0.05) is 35.6 Å². The van der Waals surface area contributed by atoms with Crippen molar-refractivity contribution < 1.29 is 22.9 Å². The first-order chi connectivity index (χ1) is 19.8. The van der Waals surface area contributed by atoms with Gasteiger partial charge in [-0.1, -0.05) is 71.4 Å². The Balaban J connectivity index is 2.10. The number of nitrogens with one attached hydrogen (secondary N) is 1. The molecule has 0 saturated heterocycles. The van der Waals surface area contributed by atoms with Gasteiger partial charge in [-0.25, -0.2) is 8.42 Å². The Bertz CT molecular complexity index is 1520. The standard InChI is InChI=1S/C30H35BrN4O6S/c1-5-22(3)32-30(37)28(17-23-9-7-6-8-10-23)33(19-24-12-14-25(31)15-13-24)29(36)20-34(42(4,40)41)27-18-26(35(38)39)16-11-21(27)2/h6-16,18,22,28H,5,17,19-20H2,1-4H3,(H,32,37)/t22-,28-/m0/s1. The number of rotatable bonds is 13. The first kappa shape index (κ1) is 32.7. The number of carbonyl (C=O) groups is 2. The highest BCUT2D eigenvalue weighted by Crippen LogP contribution is 2.28. The van der Waals surface area contributed by atoms with Crippen molar-refractivity contribution in [2.24, 2.45) is 0 Å². The molecule has 42 heavy (non-hydrogen) atoms. The molecular formula is C30H35BrN4O6S. The molecular weight excluding hydrogens is 624 g/mol. The van der Waals surface area contributed by atoms with Crippen molar-refractivity contribution in [2.45, 2.75) is 52.2 Å². The summed E-state index contributed by atoms with van der Waals surface area (Å²) in [7, 11) is -4.06. The number of aryl methyl sites for hydroxylation is 1. The number of non-ortho nitro benzene ring substituents is 1. The Morgan fingerprint density at radius 3 is 2.24 bits per heavy atom. The molecule has 12 heteroatoms. The second-order valence-corrected chi connectivity index (χ2v) is 13.0. The Hall–Kier alpha value is -3.77. The minimum Gasteiger partial charge on any atom is -0.352 e. The molecule has 0 spiro atoms. The molecule has 0 bridgehead atoms. The molecule has 0 aliphatic carbocycles. The molecule has 0 radical (unpaired) electrons. The fourth-order valence-corrected chi connectivity index (χ4v) is 5.52. The van der Waals surface area contributed by atoms with Crippen LogP contribution in [-0.2, 0) is 32.6 Å². The Morgan fingerprint density at radius 2 is 1.67 bits per heavy atom. The first-order valence-electron chi connectivity index (χ1n) is 13.4. The second-order valence-electron chi connectivity index (χ2n) is 10.2. The summed E-state index contributed by atoms with van der Waals surface area (Å²) in [4.78, 5) is 40.1. The van der Waals surface area contributed by atoms with E-state index in [9.17, 15) is 28.1 Å². The van der Waals surface area contributed by atoms with Crippen molar-refractivity contribution in [3.05, 3.63) is 104 Å². The van der Waals surface area contributed by atoms with E-state index in [1.54, 1.807) is 6.92 Å². The van der Waals surface area contributed by atoms with Gasteiger partial charge >= 0.3 is 0 Å². The van der Waals surface area contributed by atoms with Crippen LogP contribution in [0, 0.1) is 17.0 Å². The van der Waals surface area contributed by atoms with Crippen molar-refractivity contribution in [2.75, 3.05) is 17.1 Å². The highest BCUT2D eigenvalue weighted by atomic mass is 79.9. The molecule has 10 nitrogen and oxygen atoms in total. The molecule has 2 amide bonds. The lowest BCUT2D eigenvalue weighted by atomic mass is 10.0. The van der Waals surface area contributed by atoms with Crippen molar-refractivity contribution >= 4 is 49.1 Å². The molecule has 3 aromatic carbocycles. The van der Waals surface area contributed by atoms with Gasteiger partial charge in [-0.15, -0.1) is 0 Å². The lowest BCUT2D eigenvalue weighted by Crippen LogP contribution is -2.54. The fourth-order valence-electron chi connectivity index (χ4n) is 4.36. The first-order valence-corrected chi connectivity index (χ1v) is 16.0. The lowest BCUT2D eigenvalue weighted by molar-refractivity contribution is -0.384. The molecule has 0 aliphatic rings. The average molecular weight is 660 g/mol. The van der Waals surface area contributed by atoms with Crippen molar-refractivity contribution in [1.82, 2.24) is 10.2 Å². The van der Waals surface area contributed by atoms with Gasteiger partial charge in [0.05, 0.1) is 16.9 Å². The van der Waals surface area contributed by atoms with E-state index in [0.717, 1.165) is 32.2 Å². The van der Waals surface area contributed by atoms with Gasteiger partial charge in [-0.3, -0.25) is 24.0 Å². The molecule has 0 fully saturated rings. The van der Waals surface area contributed by atoms with Crippen molar-refractivity contribution in [3.8, 4) is 0 Å². The maximum Gasteiger partial charge on any atom is 0.271 e. The van der Waals surface area contributed by atoms with E-state index in [2.05, 4.69) is 21.2 Å². The summed E-state index contributed by atoms with van der Waals surface area (Å²) in [6, 6.07) is 19.3. The van der Waals surface area contributed by atoms with Crippen LogP contribution < -0.4 is 9.62 Å². The van der Waals surface area contributed by atoms with Crippen LogP contribution in [0.2, 0.25) is 0 Å². The number of sulfonamides is 1. The number of hydrogen-bond acceptors (Lipinski definition) is 6. The summed E-state index contributed by atoms with van der Waals surface area (Å²) in [6.07, 6.45) is 1.81. The SMILES string of the molecule is CC[C@H](C)NC(=O)[C@H](Cc1ccccc1)N(Cc1ccc(Br)cc1)C(=O)CN(c1cc([N+](=O)[O-])ccc1C)S(C)(=O)=O. The smallest absolute Gasteiger partial charge is 0.271 e. The average Bonchev–Trinajstić information content (AvgIpc) is 2.94. The van der Waals surface area contributed by atoms with Gasteiger partial charge < -0.3 is 10.2 Å². The van der Waals surface area contributed by atoms with Crippen molar-refractivity contribution in [3.63, 3.8) is 0 Å². The molecule has 3 rings (SSSR count). The summed E-state index contributed by atoms with van der Waals surface area (Å²) >= 11 is 3.41. The molecule has 0 aromatic heterocycles. The van der Waals surface area contributed by atoms with E-state index in [4.69, 9.17) is 0 Å². The van der Waals surface area contributed by atoms with Gasteiger partial charge in [0.15, 0.2) is 0 Å². The topological polar surface area (TPSA) is 130 Å². The number of nitro benzene ring substituents is 1. The second kappa shape index (κ2) is 14.4. The third kappa shape index (κ3) is 8.86. The number of halogens is 1. The van der Waals surface area contributed by atoms with Crippen LogP contribution in [0.5, 0.6) is 0 Å². The largest absolute Gasteiger partial charge is 0.352 e. The van der Waals surface area contributed by atoms with Gasteiger partial charge in [-0.2, -0.15) is 0 Å². The fraction of sp³-hybridized carbons (Fsp3) is 0.333. The number of carbonyl (C=O) groups excluding carboxylic acids is 2. The molecule has 0 aliphatic heterocycles. The highest BCUT2D eigenvalue weighted by Gasteiger charge is 2.34. The summed E-state index contributed by atoms with van der Waals surface area (Å²) in [6.45, 7) is 4.80. The van der Waals surface area contributed by atoms with Gasteiger partial charge in [0.2, 0.25) is 21.8 Å². The zero-order valence-electron chi connectivity index (χ0n) is 24.0. The van der Waals surface area contributed by atoms with Crippen LogP contribution in [0.1, 0.15) is 37.0 Å². The molecule has 1 N–H and O–H groups in total. The summed E-state index contributed by atoms with van der Waals surface area (Å²) in [5.41, 5.74) is 1.71. The summed E-state index contributed by atoms with van der Waals surface area (Å²) in [5, 5.41) is 14.4. The van der Waals surface area contributed by atoms with Crippen LogP contribution in [0.3, 0.4) is 0 Å². The van der Waals surface area contributed by atoms with Crippen LogP contribution in [0.15, 0.2) is 77.3 Å². The zero-order valence-corrected chi connectivity index (χ0v) is 26.4. The number of benzene rings is 3. The number of hydrogen-bond donors (Lipinski definition) is 1. The molecule has 2 atom stereocenters. The third-order valence-electron chi connectivity index (χ3n) is 6.89. The highest BCUT2D eigenvalue weighted by molar-refractivity contribution is 9.10. The summed E-state index contributed by atoms with van der Waals surface area (Å²) in [5.74, 6) is -0.995. The number of nitrogens with zero attached hydrogens (tertiary/aromatic N) is 3. The molecule has 224 valence electrons. The number of nitro groups is 1. The van der Waals surface area contributed by atoms with E-state index < -0.39 is 33.4 Å². The predicted molar refractivity (Wildman–Crippen MR) is 167 cm³/mol. The number of amides is 2. The zero-order chi connectivity index (χ0) is 31.0. The third-order valence-corrected chi connectivity index (χ3v) is 8.54. The van der Waals surface area contributed by atoms with Crippen LogP contribution in [0.25, 0.3) is 0 Å². The minimum atomic E-state index is -4.06. The van der Waals surface area contributed by atoms with Crippen LogP contribution >= 0.6 is 15.9 Å². The van der Waals surface area contributed by atoms with E-state index >= 15 is 0 Å². The lowest BCUT2D eigenvalue weighted by Gasteiger charge is -2.34. The van der Waals surface area contributed by atoms with E-state index in [1.807, 2.05) is 68.4 Å². The van der Waals surface area contributed by atoms with E-state index in [0.29, 0.717) is 12.0 Å². The van der Waals surface area contributed by atoms with Gasteiger partial charge in [0.25, 0.3) is 5.69 Å². The Kier molecular flexibility index (Phi) is 11.2. The Labute approximate surface area is 255 Å². The number of anilines is 1. The molecule has 0 saturated carbocycles. The summed E-state index contributed by atoms with van der Waals surface area (Å²) < 4.78 is 27.7. The normalized spacial score (nSPS) is 12.7. The predicted octanol–water partition coefficient (Wildman–Crippen LogP) is 4.99. The maximum atomic E-state index is 14.2. The van der Waals surface area contributed by atoms with E-state index in [1.165, 1.54) is 17.0 Å².